The van der Waals surface area contributed by atoms with E-state index in [0.29, 0.717) is 12.2 Å². The summed E-state index contributed by atoms with van der Waals surface area (Å²) < 4.78 is 17.7. The zero-order valence-electron chi connectivity index (χ0n) is 20.8. The second-order valence-electron chi connectivity index (χ2n) is 9.54. The zero-order chi connectivity index (χ0) is 23.9. The van der Waals surface area contributed by atoms with E-state index in [4.69, 9.17) is 14.2 Å². The monoisotopic (exact) mass is 438 g/mol. The minimum Gasteiger partial charge on any atom is -0.494 e. The van der Waals surface area contributed by atoms with E-state index in [-0.39, 0.29) is 23.4 Å². The van der Waals surface area contributed by atoms with E-state index in [1.807, 2.05) is 58.0 Å². The Morgan fingerprint density at radius 2 is 1.56 bits per heavy atom. The van der Waals surface area contributed by atoms with Crippen LogP contribution in [-0.2, 0) is 5.41 Å². The summed E-state index contributed by atoms with van der Waals surface area (Å²) in [6.07, 6.45) is 4.49. The third-order valence-corrected chi connectivity index (χ3v) is 4.62. The Kier molecular flexibility index (Phi) is 8.94. The molecule has 0 unspecified atom stereocenters. The molecule has 0 aliphatic carbocycles. The van der Waals surface area contributed by atoms with Crippen molar-refractivity contribution in [1.29, 1.82) is 0 Å². The average Bonchev–Trinajstić information content (AvgIpc) is 2.68. The maximum absolute atomic E-state index is 12.8. The van der Waals surface area contributed by atoms with E-state index in [2.05, 4.69) is 27.7 Å². The van der Waals surface area contributed by atoms with E-state index in [1.54, 1.807) is 18.2 Å². The molecule has 0 aliphatic rings. The summed E-state index contributed by atoms with van der Waals surface area (Å²) in [4.78, 5) is 12.8. The van der Waals surface area contributed by atoms with E-state index in [1.165, 1.54) is 0 Å². The van der Waals surface area contributed by atoms with Crippen LogP contribution in [0.2, 0.25) is 0 Å². The highest BCUT2D eigenvalue weighted by molar-refractivity contribution is 6.07. The molecule has 0 radical (unpaired) electrons. The molecule has 0 spiro atoms. The van der Waals surface area contributed by atoms with Crippen molar-refractivity contribution in [3.05, 3.63) is 59.2 Å². The van der Waals surface area contributed by atoms with E-state index < -0.39 is 0 Å². The molecule has 0 atom stereocenters. The lowest BCUT2D eigenvalue weighted by Crippen LogP contribution is -2.18. The molecule has 0 bridgehead atoms. The normalized spacial score (nSPS) is 11.9. The summed E-state index contributed by atoms with van der Waals surface area (Å²) in [5.41, 5.74) is 2.41. The summed E-state index contributed by atoms with van der Waals surface area (Å²) in [6, 6.07) is 11.2. The van der Waals surface area contributed by atoms with E-state index >= 15 is 0 Å². The Balaban J connectivity index is 2.42. The smallest absolute Gasteiger partial charge is 0.185 e. The Labute approximate surface area is 193 Å². The zero-order valence-corrected chi connectivity index (χ0v) is 20.8. The lowest BCUT2D eigenvalue weighted by atomic mass is 9.82. The molecule has 0 aliphatic heterocycles. The van der Waals surface area contributed by atoms with Gasteiger partial charge in [0.1, 0.15) is 17.2 Å². The quantitative estimate of drug-likeness (QED) is 0.290. The van der Waals surface area contributed by atoms with Crippen LogP contribution in [0.25, 0.3) is 6.08 Å². The summed E-state index contributed by atoms with van der Waals surface area (Å²) in [6.45, 7) is 17.2. The molecule has 2 rings (SSSR count). The van der Waals surface area contributed by atoms with Crippen LogP contribution in [0.4, 0.5) is 0 Å². The number of hydrogen-bond acceptors (Lipinski definition) is 4. The molecular formula is C28H38O4. The van der Waals surface area contributed by atoms with Crippen LogP contribution in [0.5, 0.6) is 17.2 Å². The van der Waals surface area contributed by atoms with Gasteiger partial charge in [0.05, 0.1) is 18.8 Å². The predicted octanol–water partition coefficient (Wildman–Crippen LogP) is 7.24. The fraction of sp³-hybridized carbons (Fsp3) is 0.464. The molecule has 2 aromatic carbocycles. The van der Waals surface area contributed by atoms with Crippen molar-refractivity contribution in [3.8, 4) is 17.2 Å². The van der Waals surface area contributed by atoms with Gasteiger partial charge < -0.3 is 14.2 Å². The second kappa shape index (κ2) is 11.2. The van der Waals surface area contributed by atoms with Gasteiger partial charge in [-0.15, -0.1) is 0 Å². The highest BCUT2D eigenvalue weighted by Gasteiger charge is 2.24. The van der Waals surface area contributed by atoms with Gasteiger partial charge in [-0.2, -0.15) is 0 Å². The Hall–Kier alpha value is -2.75. The number of benzene rings is 2. The highest BCUT2D eigenvalue weighted by atomic mass is 16.5. The number of hydrogen-bond donors (Lipinski definition) is 0. The SMILES string of the molecule is CCCOc1ccc(C(=O)C=Cc2cc(OC(C)C)cc(OC(C)C)c2C(C)(C)C)cc1. The maximum atomic E-state index is 12.8. The predicted molar refractivity (Wildman–Crippen MR) is 132 cm³/mol. The molecule has 0 N–H and O–H groups in total. The first-order valence-corrected chi connectivity index (χ1v) is 11.5. The molecule has 0 saturated heterocycles. The van der Waals surface area contributed by atoms with Crippen molar-refractivity contribution in [2.24, 2.45) is 0 Å². The molecule has 0 aromatic heterocycles. The molecule has 0 fully saturated rings. The fourth-order valence-electron chi connectivity index (χ4n) is 3.43. The molecule has 32 heavy (non-hydrogen) atoms. The number of carbonyl (C=O) groups excluding carboxylic acids is 1. The number of ether oxygens (including phenoxy) is 3. The van der Waals surface area contributed by atoms with Crippen LogP contribution in [0.1, 0.15) is 83.3 Å². The average molecular weight is 439 g/mol. The molecule has 174 valence electrons. The van der Waals surface area contributed by atoms with Crippen LogP contribution in [0.3, 0.4) is 0 Å². The first kappa shape index (κ1) is 25.5. The number of carbonyl (C=O) groups is 1. The first-order valence-electron chi connectivity index (χ1n) is 11.5. The number of allylic oxidation sites excluding steroid dienone is 1. The Morgan fingerprint density at radius 1 is 0.938 bits per heavy atom. The fourth-order valence-corrected chi connectivity index (χ4v) is 3.43. The van der Waals surface area contributed by atoms with Crippen LogP contribution < -0.4 is 14.2 Å². The van der Waals surface area contributed by atoms with Crippen LogP contribution in [0, 0.1) is 0 Å². The van der Waals surface area contributed by atoms with Gasteiger partial charge in [0.2, 0.25) is 0 Å². The van der Waals surface area contributed by atoms with Gasteiger partial charge in [0, 0.05) is 17.2 Å². The second-order valence-corrected chi connectivity index (χ2v) is 9.54. The lowest BCUT2D eigenvalue weighted by molar-refractivity contribution is 0.104. The summed E-state index contributed by atoms with van der Waals surface area (Å²) in [5, 5.41) is 0. The number of rotatable bonds is 10. The Morgan fingerprint density at radius 3 is 2.09 bits per heavy atom. The topological polar surface area (TPSA) is 44.8 Å². The Bertz CT molecular complexity index is 916. The third kappa shape index (κ3) is 7.44. The highest BCUT2D eigenvalue weighted by Crippen LogP contribution is 2.39. The first-order chi connectivity index (χ1) is 15.0. The van der Waals surface area contributed by atoms with Crippen molar-refractivity contribution in [3.63, 3.8) is 0 Å². The van der Waals surface area contributed by atoms with Crippen molar-refractivity contribution in [1.82, 2.24) is 0 Å². The molecule has 0 amide bonds. The molecule has 4 heteroatoms. The van der Waals surface area contributed by atoms with Crippen molar-refractivity contribution in [2.45, 2.75) is 79.4 Å². The maximum Gasteiger partial charge on any atom is 0.185 e. The largest absolute Gasteiger partial charge is 0.494 e. The lowest BCUT2D eigenvalue weighted by Gasteiger charge is -2.27. The van der Waals surface area contributed by atoms with Crippen molar-refractivity contribution in [2.75, 3.05) is 6.61 Å². The minimum absolute atomic E-state index is 0.0253. The minimum atomic E-state index is -0.179. The van der Waals surface area contributed by atoms with Crippen LogP contribution in [0.15, 0.2) is 42.5 Å². The van der Waals surface area contributed by atoms with Crippen molar-refractivity contribution >= 4 is 11.9 Å². The summed E-state index contributed by atoms with van der Waals surface area (Å²) >= 11 is 0. The van der Waals surface area contributed by atoms with E-state index in [9.17, 15) is 4.79 Å². The number of ketones is 1. The van der Waals surface area contributed by atoms with Gasteiger partial charge in [-0.1, -0.05) is 33.8 Å². The van der Waals surface area contributed by atoms with Crippen LogP contribution in [-0.4, -0.2) is 24.6 Å². The molecular weight excluding hydrogens is 400 g/mol. The van der Waals surface area contributed by atoms with Gasteiger partial charge >= 0.3 is 0 Å². The van der Waals surface area contributed by atoms with Gasteiger partial charge in [-0.05, 0) is 81.5 Å². The van der Waals surface area contributed by atoms with E-state index in [0.717, 1.165) is 34.8 Å². The molecule has 0 saturated carbocycles. The molecule has 4 nitrogen and oxygen atoms in total. The van der Waals surface area contributed by atoms with Gasteiger partial charge in [0.25, 0.3) is 0 Å². The van der Waals surface area contributed by atoms with Crippen LogP contribution >= 0.6 is 0 Å². The molecule has 2 aromatic rings. The van der Waals surface area contributed by atoms with Gasteiger partial charge in [-0.3, -0.25) is 4.79 Å². The van der Waals surface area contributed by atoms with Gasteiger partial charge in [0.15, 0.2) is 5.78 Å². The standard InChI is InChI=1S/C28H38O4/c1-9-16-30-23-13-10-21(11-14-23)25(29)15-12-22-17-24(31-19(2)3)18-26(32-20(4)5)27(22)28(6,7)8/h10-15,17-20H,9,16H2,1-8H3. The molecule has 0 heterocycles. The summed E-state index contributed by atoms with van der Waals surface area (Å²) in [5.74, 6) is 2.23. The summed E-state index contributed by atoms with van der Waals surface area (Å²) in [7, 11) is 0. The van der Waals surface area contributed by atoms with Gasteiger partial charge in [-0.25, -0.2) is 0 Å². The van der Waals surface area contributed by atoms with Crippen molar-refractivity contribution < 1.29 is 19.0 Å². The third-order valence-electron chi connectivity index (χ3n) is 4.62.